The van der Waals surface area contributed by atoms with Crippen molar-refractivity contribution in [1.82, 2.24) is 0 Å². The molecule has 100 valence electrons. The lowest BCUT2D eigenvalue weighted by atomic mass is 10.0. The van der Waals surface area contributed by atoms with Gasteiger partial charge in [0.25, 0.3) is 6.43 Å². The molecule has 0 saturated carbocycles. The molecule has 0 aliphatic rings. The summed E-state index contributed by atoms with van der Waals surface area (Å²) in [7, 11) is 1.42. The van der Waals surface area contributed by atoms with Gasteiger partial charge in [-0.1, -0.05) is 23.2 Å². The molecule has 2 rings (SSSR count). The van der Waals surface area contributed by atoms with E-state index in [0.29, 0.717) is 26.9 Å². The topological polar surface area (TPSA) is 9.23 Å². The van der Waals surface area contributed by atoms with Gasteiger partial charge in [-0.05, 0) is 42.0 Å². The first-order chi connectivity index (χ1) is 9.01. The van der Waals surface area contributed by atoms with Crippen LogP contribution in [0, 0.1) is 0 Å². The van der Waals surface area contributed by atoms with Crippen molar-refractivity contribution in [2.75, 3.05) is 7.11 Å². The second kappa shape index (κ2) is 5.76. The summed E-state index contributed by atoms with van der Waals surface area (Å²) in [6, 6.07) is 9.22. The Kier molecular flexibility index (Phi) is 4.27. The summed E-state index contributed by atoms with van der Waals surface area (Å²) >= 11 is 12.0. The summed E-state index contributed by atoms with van der Waals surface area (Å²) in [5.74, 6) is 0.351. The lowest BCUT2D eigenvalue weighted by Crippen LogP contribution is -1.91. The Morgan fingerprint density at radius 1 is 1.05 bits per heavy atom. The molecule has 0 unspecified atom stereocenters. The molecular formula is C14H10Cl2F2O. The van der Waals surface area contributed by atoms with Crippen LogP contribution in [0.25, 0.3) is 11.1 Å². The summed E-state index contributed by atoms with van der Waals surface area (Å²) in [4.78, 5) is 0. The summed E-state index contributed by atoms with van der Waals surface area (Å²) in [6.45, 7) is 0. The Balaban J connectivity index is 2.60. The maximum atomic E-state index is 12.8. The molecule has 2 aromatic rings. The fourth-order valence-electron chi connectivity index (χ4n) is 1.74. The van der Waals surface area contributed by atoms with Crippen molar-refractivity contribution in [2.24, 2.45) is 0 Å². The molecule has 0 fully saturated rings. The third kappa shape index (κ3) is 3.17. The fourth-order valence-corrected chi connectivity index (χ4v) is 2.14. The zero-order valence-corrected chi connectivity index (χ0v) is 11.5. The van der Waals surface area contributed by atoms with Crippen LogP contribution in [0.1, 0.15) is 12.0 Å². The van der Waals surface area contributed by atoms with E-state index in [0.717, 1.165) is 0 Å². The Labute approximate surface area is 119 Å². The number of ether oxygens (including phenoxy) is 1. The highest BCUT2D eigenvalue weighted by atomic mass is 35.5. The van der Waals surface area contributed by atoms with Crippen molar-refractivity contribution in [3.05, 3.63) is 52.0 Å². The van der Waals surface area contributed by atoms with E-state index in [9.17, 15) is 8.78 Å². The predicted octanol–water partition coefficient (Wildman–Crippen LogP) is 5.61. The number of hydrogen-bond acceptors (Lipinski definition) is 1. The van der Waals surface area contributed by atoms with Gasteiger partial charge in [-0.2, -0.15) is 0 Å². The van der Waals surface area contributed by atoms with Gasteiger partial charge >= 0.3 is 0 Å². The molecule has 0 spiro atoms. The molecule has 0 heterocycles. The average Bonchev–Trinajstić information content (AvgIpc) is 2.40. The molecule has 0 N–H and O–H groups in total. The Morgan fingerprint density at radius 3 is 2.42 bits per heavy atom. The summed E-state index contributed by atoms with van der Waals surface area (Å²) in [5, 5.41) is 0.929. The summed E-state index contributed by atoms with van der Waals surface area (Å²) in [5.41, 5.74) is 1.02. The van der Waals surface area contributed by atoms with Crippen molar-refractivity contribution >= 4 is 23.2 Å². The van der Waals surface area contributed by atoms with Crippen LogP contribution in [0.5, 0.6) is 5.75 Å². The Hall–Kier alpha value is -1.32. The number of halogens is 4. The molecule has 0 saturated heterocycles. The zero-order chi connectivity index (χ0) is 14.0. The maximum absolute atomic E-state index is 12.8. The van der Waals surface area contributed by atoms with Crippen LogP contribution in [-0.4, -0.2) is 7.11 Å². The van der Waals surface area contributed by atoms with Gasteiger partial charge in [-0.3, -0.25) is 0 Å². The van der Waals surface area contributed by atoms with E-state index < -0.39 is 6.43 Å². The third-order valence-corrected chi connectivity index (χ3v) is 3.22. The monoisotopic (exact) mass is 302 g/mol. The summed E-state index contributed by atoms with van der Waals surface area (Å²) in [6.07, 6.45) is -2.58. The van der Waals surface area contributed by atoms with E-state index in [2.05, 4.69) is 0 Å². The molecule has 0 aliphatic heterocycles. The normalized spacial score (nSPS) is 10.8. The van der Waals surface area contributed by atoms with Crippen molar-refractivity contribution < 1.29 is 13.5 Å². The molecule has 0 amide bonds. The lowest BCUT2D eigenvalue weighted by molar-refractivity contribution is 0.151. The molecule has 0 bridgehead atoms. The molecule has 19 heavy (non-hydrogen) atoms. The maximum Gasteiger partial charge on any atom is 0.264 e. The standard InChI is InChI=1S/C14H10Cl2F2O/c1-19-11-5-8(4-9(6-11)14(17)18)12-7-10(15)2-3-13(12)16/h2-7,14H,1H3. The molecule has 0 atom stereocenters. The van der Waals surface area contributed by atoms with Gasteiger partial charge in [0.2, 0.25) is 0 Å². The lowest BCUT2D eigenvalue weighted by Gasteiger charge is -2.10. The van der Waals surface area contributed by atoms with Crippen LogP contribution >= 0.6 is 23.2 Å². The number of alkyl halides is 2. The quantitative estimate of drug-likeness (QED) is 0.716. The van der Waals surface area contributed by atoms with Gasteiger partial charge < -0.3 is 4.74 Å². The van der Waals surface area contributed by atoms with Crippen LogP contribution in [-0.2, 0) is 0 Å². The van der Waals surface area contributed by atoms with Gasteiger partial charge in [-0.15, -0.1) is 0 Å². The van der Waals surface area contributed by atoms with Crippen LogP contribution in [0.15, 0.2) is 36.4 Å². The van der Waals surface area contributed by atoms with Gasteiger partial charge in [0.1, 0.15) is 5.75 Å². The Bertz CT molecular complexity index is 600. The Morgan fingerprint density at radius 2 is 1.79 bits per heavy atom. The van der Waals surface area contributed by atoms with Crippen molar-refractivity contribution in [2.45, 2.75) is 6.43 Å². The van der Waals surface area contributed by atoms with E-state index in [1.165, 1.54) is 19.2 Å². The molecule has 0 aromatic heterocycles. The smallest absolute Gasteiger partial charge is 0.264 e. The molecule has 5 heteroatoms. The molecular weight excluding hydrogens is 293 g/mol. The minimum absolute atomic E-state index is 0.120. The van der Waals surface area contributed by atoms with Gasteiger partial charge in [-0.25, -0.2) is 8.78 Å². The first-order valence-electron chi connectivity index (χ1n) is 5.44. The highest BCUT2D eigenvalue weighted by Crippen LogP contribution is 2.35. The number of benzene rings is 2. The minimum Gasteiger partial charge on any atom is -0.497 e. The van der Waals surface area contributed by atoms with Gasteiger partial charge in [0, 0.05) is 21.2 Å². The second-order valence-electron chi connectivity index (χ2n) is 3.92. The first kappa shape index (κ1) is 14.1. The van der Waals surface area contributed by atoms with E-state index in [-0.39, 0.29) is 5.56 Å². The fraction of sp³-hybridized carbons (Fsp3) is 0.143. The van der Waals surface area contributed by atoms with E-state index in [1.54, 1.807) is 24.3 Å². The average molecular weight is 303 g/mol. The largest absolute Gasteiger partial charge is 0.497 e. The zero-order valence-electron chi connectivity index (χ0n) is 9.96. The van der Waals surface area contributed by atoms with E-state index in [4.69, 9.17) is 27.9 Å². The second-order valence-corrected chi connectivity index (χ2v) is 4.76. The molecule has 1 nitrogen and oxygen atoms in total. The first-order valence-corrected chi connectivity index (χ1v) is 6.19. The van der Waals surface area contributed by atoms with E-state index in [1.807, 2.05) is 0 Å². The van der Waals surface area contributed by atoms with Crippen molar-refractivity contribution in [3.8, 4) is 16.9 Å². The molecule has 0 aliphatic carbocycles. The predicted molar refractivity (Wildman–Crippen MR) is 73.4 cm³/mol. The van der Waals surface area contributed by atoms with Crippen molar-refractivity contribution in [3.63, 3.8) is 0 Å². The van der Waals surface area contributed by atoms with Crippen LogP contribution in [0.3, 0.4) is 0 Å². The van der Waals surface area contributed by atoms with Crippen LogP contribution in [0.2, 0.25) is 10.0 Å². The molecule has 0 radical (unpaired) electrons. The van der Waals surface area contributed by atoms with Crippen LogP contribution < -0.4 is 4.74 Å². The van der Waals surface area contributed by atoms with E-state index >= 15 is 0 Å². The molecule has 2 aromatic carbocycles. The van der Waals surface area contributed by atoms with Crippen molar-refractivity contribution in [1.29, 1.82) is 0 Å². The summed E-state index contributed by atoms with van der Waals surface area (Å²) < 4.78 is 30.7. The third-order valence-electron chi connectivity index (χ3n) is 2.66. The minimum atomic E-state index is -2.58. The SMILES string of the molecule is COc1cc(-c2cc(Cl)ccc2Cl)cc(C(F)F)c1. The van der Waals surface area contributed by atoms with Gasteiger partial charge in [0.15, 0.2) is 0 Å². The van der Waals surface area contributed by atoms with Gasteiger partial charge in [0.05, 0.1) is 7.11 Å². The highest BCUT2D eigenvalue weighted by molar-refractivity contribution is 6.35. The number of methoxy groups -OCH3 is 1. The van der Waals surface area contributed by atoms with Crippen LogP contribution in [0.4, 0.5) is 8.78 Å². The highest BCUT2D eigenvalue weighted by Gasteiger charge is 2.13. The number of rotatable bonds is 3. The number of hydrogen-bond donors (Lipinski definition) is 0.